The van der Waals surface area contributed by atoms with Crippen LogP contribution in [0.3, 0.4) is 0 Å². The largest absolute Gasteiger partial charge is 0.387 e. The van der Waals surface area contributed by atoms with Gasteiger partial charge in [0.2, 0.25) is 10.0 Å². The molecule has 0 atom stereocenters. The third-order valence-electron chi connectivity index (χ3n) is 1.78. The standard InChI is InChI=1S/C7H13N5O2S/c1-4-7(5(2)12-11-4)15(13,14)10-3-6(8)9/h10H,3H2,1-2H3,(H3,8,9)(H,11,12). The topological polar surface area (TPSA) is 125 Å². The highest BCUT2D eigenvalue weighted by Crippen LogP contribution is 2.15. The highest BCUT2D eigenvalue weighted by Gasteiger charge is 2.21. The van der Waals surface area contributed by atoms with Gasteiger partial charge in [0, 0.05) is 0 Å². The van der Waals surface area contributed by atoms with Gasteiger partial charge >= 0.3 is 0 Å². The molecule has 0 saturated heterocycles. The van der Waals surface area contributed by atoms with Crippen LogP contribution in [-0.4, -0.2) is 31.0 Å². The van der Waals surface area contributed by atoms with Crippen LogP contribution in [0.2, 0.25) is 0 Å². The third-order valence-corrected chi connectivity index (χ3v) is 3.45. The molecule has 0 spiro atoms. The maximum atomic E-state index is 11.7. The van der Waals surface area contributed by atoms with Gasteiger partial charge in [-0.15, -0.1) is 0 Å². The number of aromatic nitrogens is 2. The normalized spacial score (nSPS) is 11.6. The average Bonchev–Trinajstić information content (AvgIpc) is 2.43. The van der Waals surface area contributed by atoms with Crippen molar-refractivity contribution in [2.75, 3.05) is 6.54 Å². The maximum Gasteiger partial charge on any atom is 0.244 e. The zero-order valence-electron chi connectivity index (χ0n) is 8.46. The fourth-order valence-electron chi connectivity index (χ4n) is 1.18. The Morgan fingerprint density at radius 3 is 2.60 bits per heavy atom. The minimum absolute atomic E-state index is 0.115. The SMILES string of the molecule is Cc1n[nH]c(C)c1S(=O)(=O)NCC(=N)N. The number of hydrogen-bond acceptors (Lipinski definition) is 4. The molecule has 0 aliphatic rings. The Kier molecular flexibility index (Phi) is 3.10. The molecule has 1 aromatic heterocycles. The molecule has 0 fully saturated rings. The Labute approximate surface area is 87.6 Å². The maximum absolute atomic E-state index is 11.7. The zero-order valence-corrected chi connectivity index (χ0v) is 9.27. The number of nitrogens with zero attached hydrogens (tertiary/aromatic N) is 1. The molecule has 7 nitrogen and oxygen atoms in total. The number of aromatic amines is 1. The van der Waals surface area contributed by atoms with E-state index in [1.165, 1.54) is 0 Å². The smallest absolute Gasteiger partial charge is 0.244 e. The molecule has 1 aromatic rings. The van der Waals surface area contributed by atoms with E-state index in [1.54, 1.807) is 13.8 Å². The molecule has 84 valence electrons. The molecular weight excluding hydrogens is 218 g/mol. The minimum Gasteiger partial charge on any atom is -0.387 e. The van der Waals surface area contributed by atoms with Crippen molar-refractivity contribution >= 4 is 15.9 Å². The van der Waals surface area contributed by atoms with E-state index in [0.717, 1.165) is 0 Å². The Morgan fingerprint density at radius 1 is 1.60 bits per heavy atom. The molecule has 8 heteroatoms. The van der Waals surface area contributed by atoms with Crippen molar-refractivity contribution in [1.82, 2.24) is 14.9 Å². The minimum atomic E-state index is -3.64. The zero-order chi connectivity index (χ0) is 11.6. The van der Waals surface area contributed by atoms with E-state index in [1.807, 2.05) is 0 Å². The van der Waals surface area contributed by atoms with Gasteiger partial charge < -0.3 is 5.73 Å². The highest BCUT2D eigenvalue weighted by atomic mass is 32.2. The Bertz CT molecular complexity index is 456. The van der Waals surface area contributed by atoms with Gasteiger partial charge in [-0.2, -0.15) is 5.10 Å². The average molecular weight is 231 g/mol. The molecule has 0 bridgehead atoms. The molecule has 0 aromatic carbocycles. The van der Waals surface area contributed by atoms with Crippen molar-refractivity contribution in [2.45, 2.75) is 18.7 Å². The van der Waals surface area contributed by atoms with Crippen LogP contribution in [0.1, 0.15) is 11.4 Å². The molecule has 0 aliphatic heterocycles. The summed E-state index contributed by atoms with van der Waals surface area (Å²) in [5.74, 6) is -0.239. The molecule has 0 radical (unpaired) electrons. The summed E-state index contributed by atoms with van der Waals surface area (Å²) in [5, 5.41) is 13.3. The van der Waals surface area contributed by atoms with Crippen molar-refractivity contribution in [2.24, 2.45) is 5.73 Å². The fourth-order valence-corrected chi connectivity index (χ4v) is 2.55. The highest BCUT2D eigenvalue weighted by molar-refractivity contribution is 7.89. The summed E-state index contributed by atoms with van der Waals surface area (Å²) in [6, 6.07) is 0. The van der Waals surface area contributed by atoms with Gasteiger partial charge in [-0.25, -0.2) is 13.1 Å². The van der Waals surface area contributed by atoms with E-state index < -0.39 is 10.0 Å². The predicted molar refractivity (Wildman–Crippen MR) is 55.2 cm³/mol. The first kappa shape index (κ1) is 11.7. The van der Waals surface area contributed by atoms with Crippen LogP contribution in [0.25, 0.3) is 0 Å². The van der Waals surface area contributed by atoms with Crippen LogP contribution in [0.15, 0.2) is 4.90 Å². The van der Waals surface area contributed by atoms with E-state index >= 15 is 0 Å². The summed E-state index contributed by atoms with van der Waals surface area (Å²) in [7, 11) is -3.64. The van der Waals surface area contributed by atoms with E-state index in [9.17, 15) is 8.42 Å². The predicted octanol–water partition coefficient (Wildman–Crippen LogP) is -0.759. The first-order chi connectivity index (χ1) is 6.84. The van der Waals surface area contributed by atoms with E-state index in [0.29, 0.717) is 11.4 Å². The lowest BCUT2D eigenvalue weighted by molar-refractivity contribution is 0.585. The number of aryl methyl sites for hydroxylation is 2. The lowest BCUT2D eigenvalue weighted by Gasteiger charge is -2.05. The molecule has 0 saturated carbocycles. The second-order valence-corrected chi connectivity index (χ2v) is 4.82. The van der Waals surface area contributed by atoms with Crippen LogP contribution >= 0.6 is 0 Å². The first-order valence-corrected chi connectivity index (χ1v) is 5.67. The summed E-state index contributed by atoms with van der Waals surface area (Å²) < 4.78 is 25.6. The summed E-state index contributed by atoms with van der Waals surface area (Å²) in [6.45, 7) is 3.00. The quantitative estimate of drug-likeness (QED) is 0.401. The first-order valence-electron chi connectivity index (χ1n) is 4.18. The molecule has 0 aliphatic carbocycles. The molecule has 0 amide bonds. The van der Waals surface area contributed by atoms with Crippen LogP contribution in [0, 0.1) is 19.3 Å². The lowest BCUT2D eigenvalue weighted by Crippen LogP contribution is -2.33. The third kappa shape index (κ3) is 2.54. The van der Waals surface area contributed by atoms with Gasteiger partial charge in [-0.05, 0) is 13.8 Å². The van der Waals surface area contributed by atoms with Crippen molar-refractivity contribution in [1.29, 1.82) is 5.41 Å². The van der Waals surface area contributed by atoms with Crippen molar-refractivity contribution in [3.8, 4) is 0 Å². The van der Waals surface area contributed by atoms with E-state index in [2.05, 4.69) is 14.9 Å². The number of amidine groups is 1. The molecule has 1 heterocycles. The van der Waals surface area contributed by atoms with E-state index in [-0.39, 0.29) is 17.3 Å². The van der Waals surface area contributed by atoms with Crippen molar-refractivity contribution in [3.05, 3.63) is 11.4 Å². The van der Waals surface area contributed by atoms with Crippen LogP contribution in [0.4, 0.5) is 0 Å². The summed E-state index contributed by atoms with van der Waals surface area (Å²) >= 11 is 0. The number of rotatable bonds is 4. The number of sulfonamides is 1. The second kappa shape index (κ2) is 3.99. The molecular formula is C7H13N5O2S. The number of H-pyrrole nitrogens is 1. The van der Waals surface area contributed by atoms with Gasteiger partial charge in [0.25, 0.3) is 0 Å². The molecule has 0 unspecified atom stereocenters. The van der Waals surface area contributed by atoms with Crippen LogP contribution < -0.4 is 10.5 Å². The van der Waals surface area contributed by atoms with Crippen molar-refractivity contribution in [3.63, 3.8) is 0 Å². The number of nitrogens with one attached hydrogen (secondary N) is 3. The molecule has 15 heavy (non-hydrogen) atoms. The summed E-state index contributed by atoms with van der Waals surface area (Å²) in [6.07, 6.45) is 0. The fraction of sp³-hybridized carbons (Fsp3) is 0.429. The Hall–Kier alpha value is -1.41. The van der Waals surface area contributed by atoms with Crippen LogP contribution in [0.5, 0.6) is 0 Å². The summed E-state index contributed by atoms with van der Waals surface area (Å²) in [5.41, 5.74) is 5.92. The Balaban J connectivity index is 3.01. The second-order valence-electron chi connectivity index (χ2n) is 3.11. The molecule has 5 N–H and O–H groups in total. The van der Waals surface area contributed by atoms with Gasteiger partial charge in [-0.3, -0.25) is 10.5 Å². The van der Waals surface area contributed by atoms with Crippen molar-refractivity contribution < 1.29 is 8.42 Å². The van der Waals surface area contributed by atoms with E-state index in [4.69, 9.17) is 11.1 Å². The monoisotopic (exact) mass is 231 g/mol. The number of hydrogen-bond donors (Lipinski definition) is 4. The van der Waals surface area contributed by atoms with Gasteiger partial charge in [0.05, 0.1) is 17.9 Å². The lowest BCUT2D eigenvalue weighted by atomic mass is 10.4. The molecule has 1 rings (SSSR count). The van der Waals surface area contributed by atoms with Gasteiger partial charge in [-0.1, -0.05) is 0 Å². The Morgan fingerprint density at radius 2 is 2.20 bits per heavy atom. The van der Waals surface area contributed by atoms with Gasteiger partial charge in [0.15, 0.2) is 0 Å². The summed E-state index contributed by atoms with van der Waals surface area (Å²) in [4.78, 5) is 0.115. The van der Waals surface area contributed by atoms with Gasteiger partial charge in [0.1, 0.15) is 10.7 Å². The van der Waals surface area contributed by atoms with Crippen LogP contribution in [-0.2, 0) is 10.0 Å². The number of nitrogens with two attached hydrogens (primary N) is 1.